The molecular weight excluding hydrogens is 358 g/mol. The van der Waals surface area contributed by atoms with Gasteiger partial charge in [-0.3, -0.25) is 10.0 Å². The van der Waals surface area contributed by atoms with E-state index in [-0.39, 0.29) is 0 Å². The first kappa shape index (κ1) is 17.4. The Balaban J connectivity index is 1.89. The van der Waals surface area contributed by atoms with E-state index in [1.807, 2.05) is 42.5 Å². The smallest absolute Gasteiger partial charge is 0.261 e. The fraction of sp³-hybridized carbons (Fsp3) is 0.0556. The summed E-state index contributed by atoms with van der Waals surface area (Å²) in [5, 5.41) is 9.46. The SMILES string of the molecule is O=C(NO)C(Sc1nccc(-c2ccc(Cl)cc2)n1)c1ccccc1. The van der Waals surface area contributed by atoms with Crippen LogP contribution in [0.15, 0.2) is 72.0 Å². The zero-order valence-electron chi connectivity index (χ0n) is 13.0. The Morgan fingerprint density at radius 2 is 1.80 bits per heavy atom. The van der Waals surface area contributed by atoms with E-state index in [0.717, 1.165) is 16.8 Å². The van der Waals surface area contributed by atoms with E-state index >= 15 is 0 Å². The number of aromatic nitrogens is 2. The number of nitrogens with zero attached hydrogens (tertiary/aromatic N) is 2. The number of hydrogen-bond acceptors (Lipinski definition) is 5. The number of rotatable bonds is 5. The van der Waals surface area contributed by atoms with Crippen molar-refractivity contribution in [3.8, 4) is 11.3 Å². The van der Waals surface area contributed by atoms with Crippen molar-refractivity contribution in [2.24, 2.45) is 0 Å². The van der Waals surface area contributed by atoms with Crippen LogP contribution in [0, 0.1) is 0 Å². The van der Waals surface area contributed by atoms with E-state index < -0.39 is 11.2 Å². The van der Waals surface area contributed by atoms with Crippen molar-refractivity contribution in [2.75, 3.05) is 0 Å². The molecule has 7 heteroatoms. The maximum Gasteiger partial charge on any atom is 0.261 e. The number of carbonyl (C=O) groups excluding carboxylic acids is 1. The van der Waals surface area contributed by atoms with Gasteiger partial charge in [-0.15, -0.1) is 0 Å². The van der Waals surface area contributed by atoms with Crippen molar-refractivity contribution in [3.63, 3.8) is 0 Å². The predicted octanol–water partition coefficient (Wildman–Crippen LogP) is 4.14. The van der Waals surface area contributed by atoms with Crippen LogP contribution in [0.25, 0.3) is 11.3 Å². The molecule has 1 amide bonds. The van der Waals surface area contributed by atoms with Gasteiger partial charge in [0.1, 0.15) is 5.25 Å². The fourth-order valence-corrected chi connectivity index (χ4v) is 3.31. The summed E-state index contributed by atoms with van der Waals surface area (Å²) in [5.41, 5.74) is 4.08. The van der Waals surface area contributed by atoms with Crippen molar-refractivity contribution in [1.82, 2.24) is 15.4 Å². The van der Waals surface area contributed by atoms with Crippen LogP contribution in [0.1, 0.15) is 10.8 Å². The molecule has 0 aliphatic rings. The first-order valence-corrected chi connectivity index (χ1v) is 8.67. The third kappa shape index (κ3) is 4.36. The Labute approximate surface area is 154 Å². The molecule has 2 aromatic carbocycles. The summed E-state index contributed by atoms with van der Waals surface area (Å²) in [4.78, 5) is 20.8. The van der Waals surface area contributed by atoms with Crippen molar-refractivity contribution in [3.05, 3.63) is 77.4 Å². The van der Waals surface area contributed by atoms with Gasteiger partial charge in [-0.25, -0.2) is 15.4 Å². The molecule has 0 bridgehead atoms. The van der Waals surface area contributed by atoms with Gasteiger partial charge in [0.05, 0.1) is 5.69 Å². The number of carbonyl (C=O) groups is 1. The minimum absolute atomic E-state index is 0.435. The van der Waals surface area contributed by atoms with Gasteiger partial charge in [0.2, 0.25) is 0 Å². The first-order chi connectivity index (χ1) is 12.2. The van der Waals surface area contributed by atoms with Gasteiger partial charge < -0.3 is 0 Å². The van der Waals surface area contributed by atoms with E-state index in [9.17, 15) is 4.79 Å². The van der Waals surface area contributed by atoms with Gasteiger partial charge in [-0.05, 0) is 23.8 Å². The predicted molar refractivity (Wildman–Crippen MR) is 97.4 cm³/mol. The summed E-state index contributed by atoms with van der Waals surface area (Å²) in [7, 11) is 0. The molecule has 1 atom stereocenters. The van der Waals surface area contributed by atoms with Crippen LogP contribution >= 0.6 is 23.4 Å². The fourth-order valence-electron chi connectivity index (χ4n) is 2.24. The minimum Gasteiger partial charge on any atom is -0.289 e. The van der Waals surface area contributed by atoms with Crippen LogP contribution in [-0.2, 0) is 4.79 Å². The summed E-state index contributed by atoms with van der Waals surface area (Å²) in [6.07, 6.45) is 1.64. The highest BCUT2D eigenvalue weighted by Crippen LogP contribution is 2.34. The van der Waals surface area contributed by atoms with Crippen LogP contribution < -0.4 is 5.48 Å². The van der Waals surface area contributed by atoms with Crippen LogP contribution in [0.2, 0.25) is 5.02 Å². The Kier molecular flexibility index (Phi) is 5.65. The standard InChI is InChI=1S/C18H14ClN3O2S/c19-14-8-6-12(7-9-14)15-10-11-20-18(21-15)25-16(17(23)22-24)13-4-2-1-3-5-13/h1-11,16,24H,(H,22,23). The van der Waals surface area contributed by atoms with Gasteiger partial charge in [0.25, 0.3) is 5.91 Å². The Hall–Kier alpha value is -2.41. The van der Waals surface area contributed by atoms with E-state index in [4.69, 9.17) is 16.8 Å². The summed E-state index contributed by atoms with van der Waals surface area (Å²) < 4.78 is 0. The van der Waals surface area contributed by atoms with E-state index in [1.54, 1.807) is 29.9 Å². The second-order valence-electron chi connectivity index (χ2n) is 5.12. The molecule has 0 aliphatic heterocycles. The molecule has 0 aliphatic carbocycles. The quantitative estimate of drug-likeness (QED) is 0.305. The monoisotopic (exact) mass is 371 g/mol. The van der Waals surface area contributed by atoms with Crippen LogP contribution in [-0.4, -0.2) is 21.1 Å². The molecule has 1 heterocycles. The molecule has 25 heavy (non-hydrogen) atoms. The maximum absolute atomic E-state index is 12.1. The van der Waals surface area contributed by atoms with Crippen LogP contribution in [0.3, 0.4) is 0 Å². The van der Waals surface area contributed by atoms with Gasteiger partial charge in [-0.1, -0.05) is 65.8 Å². The van der Waals surface area contributed by atoms with E-state index in [0.29, 0.717) is 10.2 Å². The molecule has 0 saturated heterocycles. The number of halogens is 1. The van der Waals surface area contributed by atoms with Gasteiger partial charge >= 0.3 is 0 Å². The first-order valence-electron chi connectivity index (χ1n) is 7.42. The molecule has 1 unspecified atom stereocenters. The largest absolute Gasteiger partial charge is 0.289 e. The van der Waals surface area contributed by atoms with Crippen LogP contribution in [0.5, 0.6) is 0 Å². The molecule has 3 aromatic rings. The molecule has 1 aromatic heterocycles. The van der Waals surface area contributed by atoms with Crippen molar-refractivity contribution in [2.45, 2.75) is 10.4 Å². The highest BCUT2D eigenvalue weighted by atomic mass is 35.5. The topological polar surface area (TPSA) is 75.1 Å². The highest BCUT2D eigenvalue weighted by Gasteiger charge is 2.23. The summed E-state index contributed by atoms with van der Waals surface area (Å²) >= 11 is 7.08. The van der Waals surface area contributed by atoms with Gasteiger partial charge in [-0.2, -0.15) is 0 Å². The summed E-state index contributed by atoms with van der Waals surface area (Å²) in [6, 6.07) is 18.3. The van der Waals surface area contributed by atoms with Gasteiger partial charge in [0, 0.05) is 16.8 Å². The lowest BCUT2D eigenvalue weighted by Crippen LogP contribution is -2.24. The zero-order chi connectivity index (χ0) is 17.6. The third-order valence-corrected chi connectivity index (χ3v) is 4.83. The Morgan fingerprint density at radius 3 is 2.48 bits per heavy atom. The molecule has 0 spiro atoms. The molecule has 0 fully saturated rings. The van der Waals surface area contributed by atoms with Crippen molar-refractivity contribution in [1.29, 1.82) is 0 Å². The molecule has 3 rings (SSSR count). The minimum atomic E-state index is -0.660. The lowest BCUT2D eigenvalue weighted by Gasteiger charge is -2.14. The number of nitrogens with one attached hydrogen (secondary N) is 1. The molecule has 0 radical (unpaired) electrons. The lowest BCUT2D eigenvalue weighted by molar-refractivity contribution is -0.128. The van der Waals surface area contributed by atoms with E-state index in [2.05, 4.69) is 9.97 Å². The van der Waals surface area contributed by atoms with Gasteiger partial charge in [0.15, 0.2) is 5.16 Å². The molecular formula is C18H14ClN3O2S. The lowest BCUT2D eigenvalue weighted by atomic mass is 10.1. The molecule has 0 saturated carbocycles. The zero-order valence-corrected chi connectivity index (χ0v) is 14.5. The van der Waals surface area contributed by atoms with Crippen molar-refractivity contribution < 1.29 is 10.0 Å². The van der Waals surface area contributed by atoms with Crippen LogP contribution in [0.4, 0.5) is 0 Å². The van der Waals surface area contributed by atoms with E-state index in [1.165, 1.54) is 11.8 Å². The number of thioether (sulfide) groups is 1. The van der Waals surface area contributed by atoms with Crippen molar-refractivity contribution >= 4 is 29.3 Å². The summed E-state index contributed by atoms with van der Waals surface area (Å²) in [6.45, 7) is 0. The maximum atomic E-state index is 12.1. The third-order valence-electron chi connectivity index (χ3n) is 3.45. The second kappa shape index (κ2) is 8.11. The molecule has 5 nitrogen and oxygen atoms in total. The highest BCUT2D eigenvalue weighted by molar-refractivity contribution is 8.00. The summed E-state index contributed by atoms with van der Waals surface area (Å²) in [5.74, 6) is -0.531. The molecule has 2 N–H and O–H groups in total. The molecule has 126 valence electrons. The average molecular weight is 372 g/mol. The Bertz CT molecular complexity index is 860. The number of benzene rings is 2. The number of amides is 1. The second-order valence-corrected chi connectivity index (χ2v) is 6.62. The Morgan fingerprint density at radius 1 is 1.08 bits per heavy atom. The normalized spacial score (nSPS) is 11.8. The number of hydrogen-bond donors (Lipinski definition) is 2. The number of hydroxylamine groups is 1. The average Bonchev–Trinajstić information content (AvgIpc) is 2.67.